The van der Waals surface area contributed by atoms with Crippen LogP contribution in [0.5, 0.6) is 0 Å². The van der Waals surface area contributed by atoms with Gasteiger partial charge in [0.2, 0.25) is 0 Å². The van der Waals surface area contributed by atoms with Gasteiger partial charge in [-0.2, -0.15) is 13.2 Å². The highest BCUT2D eigenvalue weighted by molar-refractivity contribution is 5.63. The lowest BCUT2D eigenvalue weighted by molar-refractivity contribution is -0.157. The van der Waals surface area contributed by atoms with Crippen LogP contribution in [0.4, 0.5) is 23.2 Å². The highest BCUT2D eigenvalue weighted by Gasteiger charge is 2.37. The molecule has 0 fully saturated rings. The smallest absolute Gasteiger partial charge is 0.441 e. The van der Waals surface area contributed by atoms with Crippen LogP contribution in [0.15, 0.2) is 28.9 Å². The zero-order valence-corrected chi connectivity index (χ0v) is 8.25. The van der Waals surface area contributed by atoms with Gasteiger partial charge < -0.3 is 10.2 Å². The maximum Gasteiger partial charge on any atom is 0.468 e. The number of alkyl halides is 3. The third-order valence-electron chi connectivity index (χ3n) is 2.04. The first-order chi connectivity index (χ1) is 7.88. The van der Waals surface area contributed by atoms with Gasteiger partial charge in [0, 0.05) is 5.56 Å². The molecule has 2 rings (SSSR count). The van der Waals surface area contributed by atoms with Crippen molar-refractivity contribution in [2.75, 3.05) is 5.73 Å². The zero-order valence-electron chi connectivity index (χ0n) is 8.25. The van der Waals surface area contributed by atoms with E-state index >= 15 is 0 Å². The van der Waals surface area contributed by atoms with Gasteiger partial charge in [-0.05, 0) is 18.2 Å². The van der Waals surface area contributed by atoms with Crippen molar-refractivity contribution in [3.8, 4) is 11.3 Å². The van der Waals surface area contributed by atoms with Crippen LogP contribution in [-0.2, 0) is 6.18 Å². The quantitative estimate of drug-likeness (QED) is 0.621. The van der Waals surface area contributed by atoms with Gasteiger partial charge in [0.05, 0.1) is 5.69 Å². The average Bonchev–Trinajstić information content (AvgIpc) is 2.70. The van der Waals surface area contributed by atoms with Crippen molar-refractivity contribution in [1.29, 1.82) is 0 Å². The second-order valence-corrected chi connectivity index (χ2v) is 3.27. The first kappa shape index (κ1) is 11.4. The van der Waals surface area contributed by atoms with Crippen LogP contribution in [0.1, 0.15) is 5.89 Å². The number of hydrogen-bond acceptors (Lipinski definition) is 3. The second kappa shape index (κ2) is 3.76. The summed E-state index contributed by atoms with van der Waals surface area (Å²) in [5, 5.41) is 0. The van der Waals surface area contributed by atoms with E-state index in [0.29, 0.717) is 0 Å². The normalized spacial score (nSPS) is 11.8. The largest absolute Gasteiger partial charge is 0.468 e. The molecule has 0 amide bonds. The number of aromatic nitrogens is 1. The van der Waals surface area contributed by atoms with Gasteiger partial charge in [0.1, 0.15) is 17.8 Å². The summed E-state index contributed by atoms with van der Waals surface area (Å²) in [6.07, 6.45) is -3.81. The number of nitrogen functional groups attached to an aromatic ring is 1. The number of nitrogens with zero attached hydrogens (tertiary/aromatic N) is 1. The Kier molecular flexibility index (Phi) is 2.53. The summed E-state index contributed by atoms with van der Waals surface area (Å²) in [7, 11) is 0. The molecule has 0 aliphatic carbocycles. The number of hydrogen-bond donors (Lipinski definition) is 1. The van der Waals surface area contributed by atoms with Crippen molar-refractivity contribution >= 4 is 5.69 Å². The third kappa shape index (κ3) is 2.22. The molecule has 90 valence electrons. The Balaban J connectivity index is 2.40. The molecule has 0 aliphatic heterocycles. The number of halogens is 4. The molecule has 0 spiro atoms. The Bertz CT molecular complexity index is 547. The first-order valence-electron chi connectivity index (χ1n) is 4.46. The number of benzene rings is 1. The Morgan fingerprint density at radius 3 is 2.47 bits per heavy atom. The lowest BCUT2D eigenvalue weighted by atomic mass is 10.1. The van der Waals surface area contributed by atoms with E-state index in [1.165, 1.54) is 12.1 Å². The minimum atomic E-state index is -4.65. The highest BCUT2D eigenvalue weighted by atomic mass is 19.4. The summed E-state index contributed by atoms with van der Waals surface area (Å²) in [6.45, 7) is 0. The Morgan fingerprint density at radius 1 is 1.24 bits per heavy atom. The molecule has 2 N–H and O–H groups in total. The van der Waals surface area contributed by atoms with Crippen molar-refractivity contribution in [2.45, 2.75) is 6.18 Å². The molecule has 1 aromatic carbocycles. The Labute approximate surface area is 92.9 Å². The molecule has 0 bridgehead atoms. The molecule has 3 nitrogen and oxygen atoms in total. The summed E-state index contributed by atoms with van der Waals surface area (Å²) < 4.78 is 53.8. The van der Waals surface area contributed by atoms with E-state index < -0.39 is 17.9 Å². The van der Waals surface area contributed by atoms with E-state index in [2.05, 4.69) is 9.40 Å². The van der Waals surface area contributed by atoms with Crippen molar-refractivity contribution in [1.82, 2.24) is 4.98 Å². The van der Waals surface area contributed by atoms with E-state index in [1.54, 1.807) is 0 Å². The van der Waals surface area contributed by atoms with Crippen LogP contribution in [0.3, 0.4) is 0 Å². The number of anilines is 1. The summed E-state index contributed by atoms with van der Waals surface area (Å²) >= 11 is 0. The van der Waals surface area contributed by atoms with Crippen LogP contribution in [0.25, 0.3) is 11.3 Å². The molecule has 7 heteroatoms. The topological polar surface area (TPSA) is 52.0 Å². The molecule has 17 heavy (non-hydrogen) atoms. The van der Waals surface area contributed by atoms with Crippen molar-refractivity contribution in [2.24, 2.45) is 0 Å². The predicted molar refractivity (Wildman–Crippen MR) is 51.3 cm³/mol. The fourth-order valence-electron chi connectivity index (χ4n) is 1.24. The fraction of sp³-hybridized carbons (Fsp3) is 0.100. The minimum absolute atomic E-state index is 0.0518. The molecule has 1 aromatic heterocycles. The molecular formula is C10H6F4N2O. The minimum Gasteiger partial charge on any atom is -0.441 e. The molecule has 0 atom stereocenters. The van der Waals surface area contributed by atoms with Gasteiger partial charge in [0.25, 0.3) is 0 Å². The van der Waals surface area contributed by atoms with Crippen LogP contribution >= 0.6 is 0 Å². The van der Waals surface area contributed by atoms with E-state index in [1.807, 2.05) is 0 Å². The second-order valence-electron chi connectivity index (χ2n) is 3.27. The predicted octanol–water partition coefficient (Wildman–Crippen LogP) is 3.08. The van der Waals surface area contributed by atoms with Gasteiger partial charge in [0.15, 0.2) is 0 Å². The maximum atomic E-state index is 12.9. The summed E-state index contributed by atoms with van der Waals surface area (Å²) in [5.74, 6) is -2.00. The molecular weight excluding hydrogens is 240 g/mol. The third-order valence-corrected chi connectivity index (χ3v) is 2.04. The van der Waals surface area contributed by atoms with Crippen LogP contribution in [0.2, 0.25) is 0 Å². The average molecular weight is 246 g/mol. The van der Waals surface area contributed by atoms with E-state index in [9.17, 15) is 17.6 Å². The number of oxazole rings is 1. The van der Waals surface area contributed by atoms with Crippen LogP contribution in [0, 0.1) is 5.82 Å². The van der Waals surface area contributed by atoms with Crippen molar-refractivity contribution in [3.05, 3.63) is 36.2 Å². The summed E-state index contributed by atoms with van der Waals surface area (Å²) in [5.41, 5.74) is 5.33. The summed E-state index contributed by atoms with van der Waals surface area (Å²) in [4.78, 5) is 3.25. The van der Waals surface area contributed by atoms with E-state index in [4.69, 9.17) is 5.73 Å². The number of nitrogens with two attached hydrogens (primary N) is 1. The molecule has 1 heterocycles. The van der Waals surface area contributed by atoms with Crippen molar-refractivity contribution in [3.63, 3.8) is 0 Å². The zero-order chi connectivity index (χ0) is 12.6. The SMILES string of the molecule is Nc1cc(-c2coc(C(F)(F)F)n2)ccc1F. The maximum absolute atomic E-state index is 12.9. The molecule has 0 saturated heterocycles. The Morgan fingerprint density at radius 2 is 1.94 bits per heavy atom. The standard InChI is InChI=1S/C10H6F4N2O/c11-6-2-1-5(3-7(6)15)8-4-17-9(16-8)10(12,13)14/h1-4H,15H2. The van der Waals surface area contributed by atoms with Gasteiger partial charge in [-0.3, -0.25) is 0 Å². The van der Waals surface area contributed by atoms with Crippen LogP contribution < -0.4 is 5.73 Å². The van der Waals surface area contributed by atoms with Gasteiger partial charge in [-0.15, -0.1) is 0 Å². The van der Waals surface area contributed by atoms with Gasteiger partial charge >= 0.3 is 12.1 Å². The van der Waals surface area contributed by atoms with Crippen LogP contribution in [-0.4, -0.2) is 4.98 Å². The van der Waals surface area contributed by atoms with Gasteiger partial charge in [-0.1, -0.05) is 0 Å². The molecule has 0 aliphatic rings. The Hall–Kier alpha value is -2.05. The lowest BCUT2D eigenvalue weighted by Gasteiger charge is -2.00. The van der Waals surface area contributed by atoms with E-state index in [-0.39, 0.29) is 16.9 Å². The number of rotatable bonds is 1. The molecule has 0 unspecified atom stereocenters. The molecule has 2 aromatic rings. The van der Waals surface area contributed by atoms with Crippen molar-refractivity contribution < 1.29 is 22.0 Å². The molecule has 0 radical (unpaired) electrons. The monoisotopic (exact) mass is 246 g/mol. The molecule has 0 saturated carbocycles. The highest BCUT2D eigenvalue weighted by Crippen LogP contribution is 2.31. The fourth-order valence-corrected chi connectivity index (χ4v) is 1.24. The summed E-state index contributed by atoms with van der Waals surface area (Å²) in [6, 6.07) is 3.50. The lowest BCUT2D eigenvalue weighted by Crippen LogP contribution is -2.04. The van der Waals surface area contributed by atoms with Gasteiger partial charge in [-0.25, -0.2) is 9.37 Å². The first-order valence-corrected chi connectivity index (χ1v) is 4.46. The van der Waals surface area contributed by atoms with E-state index in [0.717, 1.165) is 12.3 Å².